The SMILES string of the molecule is O=C(CCCc1ccc(F)c(F)c1)NC(CCO)c1ccccc1. The third kappa shape index (κ3) is 5.42. The fourth-order valence-corrected chi connectivity index (χ4v) is 2.55. The Morgan fingerprint density at radius 3 is 2.50 bits per heavy atom. The topological polar surface area (TPSA) is 49.3 Å². The maximum Gasteiger partial charge on any atom is 0.220 e. The zero-order chi connectivity index (χ0) is 17.4. The lowest BCUT2D eigenvalue weighted by molar-refractivity contribution is -0.122. The molecule has 0 bridgehead atoms. The van der Waals surface area contributed by atoms with Crippen molar-refractivity contribution >= 4 is 5.91 Å². The van der Waals surface area contributed by atoms with Crippen LogP contribution in [0.15, 0.2) is 48.5 Å². The molecule has 0 radical (unpaired) electrons. The minimum absolute atomic E-state index is 0.0191. The van der Waals surface area contributed by atoms with Crippen molar-refractivity contribution in [2.75, 3.05) is 6.61 Å². The highest BCUT2D eigenvalue weighted by Gasteiger charge is 2.13. The number of hydrogen-bond donors (Lipinski definition) is 2. The normalized spacial score (nSPS) is 12.0. The molecular weight excluding hydrogens is 312 g/mol. The summed E-state index contributed by atoms with van der Waals surface area (Å²) in [6, 6.07) is 13.0. The highest BCUT2D eigenvalue weighted by Crippen LogP contribution is 2.17. The first-order chi connectivity index (χ1) is 11.6. The van der Waals surface area contributed by atoms with Crippen molar-refractivity contribution in [1.29, 1.82) is 0 Å². The van der Waals surface area contributed by atoms with E-state index < -0.39 is 11.6 Å². The number of carbonyl (C=O) groups excluding carboxylic acids is 1. The van der Waals surface area contributed by atoms with Crippen molar-refractivity contribution in [3.63, 3.8) is 0 Å². The Morgan fingerprint density at radius 2 is 1.83 bits per heavy atom. The maximum absolute atomic E-state index is 13.1. The van der Waals surface area contributed by atoms with E-state index in [1.807, 2.05) is 30.3 Å². The molecule has 0 aromatic heterocycles. The molecule has 3 nitrogen and oxygen atoms in total. The third-order valence-electron chi connectivity index (χ3n) is 3.81. The van der Waals surface area contributed by atoms with Crippen LogP contribution in [0.25, 0.3) is 0 Å². The van der Waals surface area contributed by atoms with Gasteiger partial charge in [0.25, 0.3) is 0 Å². The molecular formula is C19H21F2NO2. The van der Waals surface area contributed by atoms with Crippen molar-refractivity contribution in [3.8, 4) is 0 Å². The zero-order valence-corrected chi connectivity index (χ0v) is 13.3. The summed E-state index contributed by atoms with van der Waals surface area (Å²) in [5.41, 5.74) is 1.61. The highest BCUT2D eigenvalue weighted by atomic mass is 19.2. The molecule has 1 amide bonds. The molecule has 0 aliphatic rings. The Bertz CT molecular complexity index is 662. The summed E-state index contributed by atoms with van der Waals surface area (Å²) in [5.74, 6) is -1.87. The number of hydrogen-bond acceptors (Lipinski definition) is 2. The average molecular weight is 333 g/mol. The fourth-order valence-electron chi connectivity index (χ4n) is 2.55. The molecule has 0 aliphatic heterocycles. The number of aliphatic hydroxyl groups is 1. The summed E-state index contributed by atoms with van der Waals surface area (Å²) in [6.07, 6.45) is 1.77. The van der Waals surface area contributed by atoms with Crippen LogP contribution in [-0.2, 0) is 11.2 Å². The highest BCUT2D eigenvalue weighted by molar-refractivity contribution is 5.76. The molecule has 0 aliphatic carbocycles. The van der Waals surface area contributed by atoms with E-state index in [0.717, 1.165) is 17.7 Å². The molecule has 2 N–H and O–H groups in total. The smallest absolute Gasteiger partial charge is 0.220 e. The molecule has 1 atom stereocenters. The maximum atomic E-state index is 13.1. The first-order valence-corrected chi connectivity index (χ1v) is 7.99. The minimum atomic E-state index is -0.871. The largest absolute Gasteiger partial charge is 0.396 e. The van der Waals surface area contributed by atoms with Gasteiger partial charge in [0.05, 0.1) is 6.04 Å². The van der Waals surface area contributed by atoms with E-state index in [1.54, 1.807) is 0 Å². The molecule has 24 heavy (non-hydrogen) atoms. The van der Waals surface area contributed by atoms with E-state index in [1.165, 1.54) is 6.07 Å². The Hall–Kier alpha value is -2.27. The molecule has 2 rings (SSSR count). The van der Waals surface area contributed by atoms with Gasteiger partial charge in [-0.1, -0.05) is 36.4 Å². The van der Waals surface area contributed by atoms with Gasteiger partial charge in [-0.3, -0.25) is 4.79 Å². The van der Waals surface area contributed by atoms with Gasteiger partial charge in [-0.2, -0.15) is 0 Å². The van der Waals surface area contributed by atoms with Gasteiger partial charge in [-0.15, -0.1) is 0 Å². The van der Waals surface area contributed by atoms with Crippen LogP contribution in [0.5, 0.6) is 0 Å². The Labute approximate surface area is 140 Å². The van der Waals surface area contributed by atoms with Crippen LogP contribution >= 0.6 is 0 Å². The molecule has 0 heterocycles. The Kier molecular flexibility index (Phi) is 6.88. The van der Waals surface area contributed by atoms with Crippen molar-refractivity contribution in [3.05, 3.63) is 71.3 Å². The quantitative estimate of drug-likeness (QED) is 0.776. The lowest BCUT2D eigenvalue weighted by atomic mass is 10.0. The summed E-state index contributed by atoms with van der Waals surface area (Å²) in [5, 5.41) is 12.1. The summed E-state index contributed by atoms with van der Waals surface area (Å²) >= 11 is 0. The number of benzene rings is 2. The van der Waals surface area contributed by atoms with E-state index in [9.17, 15) is 13.6 Å². The Balaban J connectivity index is 1.83. The number of carbonyl (C=O) groups is 1. The van der Waals surface area contributed by atoms with Gasteiger partial charge in [0.2, 0.25) is 5.91 Å². The summed E-state index contributed by atoms with van der Waals surface area (Å²) in [7, 11) is 0. The van der Waals surface area contributed by atoms with E-state index in [-0.39, 0.29) is 25.0 Å². The second kappa shape index (κ2) is 9.13. The number of aryl methyl sites for hydroxylation is 1. The summed E-state index contributed by atoms with van der Waals surface area (Å²) in [6.45, 7) is -0.0191. The number of halogens is 2. The summed E-state index contributed by atoms with van der Waals surface area (Å²) in [4.78, 5) is 12.1. The average Bonchev–Trinajstić information content (AvgIpc) is 2.58. The predicted molar refractivity (Wildman–Crippen MR) is 88.3 cm³/mol. The molecule has 5 heteroatoms. The molecule has 1 unspecified atom stereocenters. The van der Waals surface area contributed by atoms with E-state index in [4.69, 9.17) is 5.11 Å². The number of nitrogens with one attached hydrogen (secondary N) is 1. The van der Waals surface area contributed by atoms with Gasteiger partial charge in [-0.05, 0) is 42.5 Å². The van der Waals surface area contributed by atoms with E-state index in [0.29, 0.717) is 24.8 Å². The van der Waals surface area contributed by atoms with Crippen LogP contribution in [0.3, 0.4) is 0 Å². The Morgan fingerprint density at radius 1 is 1.08 bits per heavy atom. The summed E-state index contributed by atoms with van der Waals surface area (Å²) < 4.78 is 26.0. The second-order valence-electron chi connectivity index (χ2n) is 5.65. The van der Waals surface area contributed by atoms with Gasteiger partial charge >= 0.3 is 0 Å². The second-order valence-corrected chi connectivity index (χ2v) is 5.65. The van der Waals surface area contributed by atoms with Crippen molar-refractivity contribution in [2.24, 2.45) is 0 Å². The molecule has 0 saturated carbocycles. The molecule has 0 saturated heterocycles. The molecule has 2 aromatic rings. The van der Waals surface area contributed by atoms with Crippen LogP contribution in [-0.4, -0.2) is 17.6 Å². The molecule has 0 fully saturated rings. The van der Waals surface area contributed by atoms with Gasteiger partial charge in [0.15, 0.2) is 11.6 Å². The van der Waals surface area contributed by atoms with Gasteiger partial charge in [0, 0.05) is 13.0 Å². The van der Waals surface area contributed by atoms with Crippen molar-refractivity contribution in [2.45, 2.75) is 31.7 Å². The fraction of sp³-hybridized carbons (Fsp3) is 0.316. The monoisotopic (exact) mass is 333 g/mol. The first kappa shape index (κ1) is 18.1. The van der Waals surface area contributed by atoms with Crippen LogP contribution in [0.2, 0.25) is 0 Å². The van der Waals surface area contributed by atoms with E-state index in [2.05, 4.69) is 5.32 Å². The zero-order valence-electron chi connectivity index (χ0n) is 13.3. The first-order valence-electron chi connectivity index (χ1n) is 7.99. The van der Waals surface area contributed by atoms with Crippen LogP contribution in [0, 0.1) is 11.6 Å². The predicted octanol–water partition coefficient (Wildman–Crippen LogP) is 3.53. The van der Waals surface area contributed by atoms with Gasteiger partial charge < -0.3 is 10.4 Å². The lowest BCUT2D eigenvalue weighted by Crippen LogP contribution is -2.29. The molecule has 0 spiro atoms. The van der Waals surface area contributed by atoms with Crippen LogP contribution in [0.1, 0.15) is 36.4 Å². The lowest BCUT2D eigenvalue weighted by Gasteiger charge is -2.18. The van der Waals surface area contributed by atoms with Crippen LogP contribution < -0.4 is 5.32 Å². The van der Waals surface area contributed by atoms with Crippen molar-refractivity contribution < 1.29 is 18.7 Å². The number of amides is 1. The minimum Gasteiger partial charge on any atom is -0.396 e. The van der Waals surface area contributed by atoms with E-state index >= 15 is 0 Å². The van der Waals surface area contributed by atoms with Crippen molar-refractivity contribution in [1.82, 2.24) is 5.32 Å². The standard InChI is InChI=1S/C19H21F2NO2/c20-16-10-9-14(13-17(16)21)5-4-8-19(24)22-18(11-12-23)15-6-2-1-3-7-15/h1-3,6-7,9-10,13,18,23H,4-5,8,11-12H2,(H,22,24). The van der Waals surface area contributed by atoms with Gasteiger partial charge in [0.1, 0.15) is 0 Å². The molecule has 128 valence electrons. The third-order valence-corrected chi connectivity index (χ3v) is 3.81. The van der Waals surface area contributed by atoms with Gasteiger partial charge in [-0.25, -0.2) is 8.78 Å². The number of rotatable bonds is 8. The molecule has 2 aromatic carbocycles. The number of aliphatic hydroxyl groups excluding tert-OH is 1. The van der Waals surface area contributed by atoms with Crippen LogP contribution in [0.4, 0.5) is 8.78 Å².